The first kappa shape index (κ1) is 17.2. The number of primary amides is 1. The first-order valence-corrected chi connectivity index (χ1v) is 8.63. The number of nitrogens with one attached hydrogen (secondary N) is 1. The van der Waals surface area contributed by atoms with E-state index in [-0.39, 0.29) is 23.0 Å². The van der Waals surface area contributed by atoms with E-state index in [0.717, 1.165) is 12.8 Å². The highest BCUT2D eigenvalue weighted by molar-refractivity contribution is 6.01. The third-order valence-corrected chi connectivity index (χ3v) is 4.61. The van der Waals surface area contributed by atoms with Crippen molar-refractivity contribution in [1.82, 2.24) is 19.5 Å². The molecule has 0 aliphatic carbocycles. The van der Waals surface area contributed by atoms with Gasteiger partial charge in [0.25, 0.3) is 5.91 Å². The van der Waals surface area contributed by atoms with Gasteiger partial charge in [-0.15, -0.1) is 0 Å². The van der Waals surface area contributed by atoms with Crippen LogP contribution < -0.4 is 16.2 Å². The largest absolute Gasteiger partial charge is 0.497 e. The highest BCUT2D eigenvalue weighted by Gasteiger charge is 2.23. The van der Waals surface area contributed by atoms with E-state index in [0.29, 0.717) is 35.9 Å². The molecule has 140 valence electrons. The van der Waals surface area contributed by atoms with Crippen LogP contribution in [0.25, 0.3) is 22.6 Å². The smallest absolute Gasteiger partial charge is 0.327 e. The number of carbonyl (C=O) groups is 1. The Morgan fingerprint density at radius 1 is 1.37 bits per heavy atom. The lowest BCUT2D eigenvalue weighted by atomic mass is 10.2. The molecule has 9 nitrogen and oxygen atoms in total. The van der Waals surface area contributed by atoms with Crippen molar-refractivity contribution in [2.45, 2.75) is 25.5 Å². The van der Waals surface area contributed by atoms with E-state index in [9.17, 15) is 9.59 Å². The molecule has 1 aliphatic heterocycles. The second kappa shape index (κ2) is 6.84. The van der Waals surface area contributed by atoms with Gasteiger partial charge in [0.2, 0.25) is 0 Å². The van der Waals surface area contributed by atoms with Gasteiger partial charge >= 0.3 is 5.69 Å². The molecule has 4 rings (SSSR count). The summed E-state index contributed by atoms with van der Waals surface area (Å²) < 4.78 is 12.3. The molecule has 1 fully saturated rings. The number of amides is 1. The molecule has 27 heavy (non-hydrogen) atoms. The summed E-state index contributed by atoms with van der Waals surface area (Å²) in [5.41, 5.74) is 6.35. The number of imidazole rings is 1. The number of methoxy groups -OCH3 is 1. The average Bonchev–Trinajstić information content (AvgIpc) is 3.29. The van der Waals surface area contributed by atoms with E-state index in [1.165, 1.54) is 4.57 Å². The number of nitrogens with zero attached hydrogens (tertiary/aromatic N) is 3. The number of H-pyrrole nitrogens is 1. The molecular formula is C18H19N5O4. The summed E-state index contributed by atoms with van der Waals surface area (Å²) in [7, 11) is 1.58. The number of nitrogens with two attached hydrogens (primary N) is 1. The summed E-state index contributed by atoms with van der Waals surface area (Å²) in [6.45, 7) is 1.04. The molecule has 1 amide bonds. The van der Waals surface area contributed by atoms with Gasteiger partial charge in [0.1, 0.15) is 11.3 Å². The van der Waals surface area contributed by atoms with Crippen molar-refractivity contribution in [3.05, 3.63) is 40.4 Å². The normalized spacial score (nSPS) is 16.7. The maximum atomic E-state index is 12.4. The molecule has 0 bridgehead atoms. The number of hydrogen-bond acceptors (Lipinski definition) is 6. The van der Waals surface area contributed by atoms with Crippen LogP contribution in [0, 0.1) is 0 Å². The van der Waals surface area contributed by atoms with E-state index in [1.807, 2.05) is 0 Å². The first-order valence-electron chi connectivity index (χ1n) is 8.63. The minimum atomic E-state index is -0.734. The summed E-state index contributed by atoms with van der Waals surface area (Å²) in [6.07, 6.45) is 1.77. The van der Waals surface area contributed by atoms with Crippen LogP contribution in [0.5, 0.6) is 5.75 Å². The van der Waals surface area contributed by atoms with Crippen LogP contribution in [-0.4, -0.2) is 45.2 Å². The summed E-state index contributed by atoms with van der Waals surface area (Å²) in [4.78, 5) is 35.8. The number of aromatic nitrogens is 4. The zero-order valence-corrected chi connectivity index (χ0v) is 14.8. The van der Waals surface area contributed by atoms with Crippen molar-refractivity contribution in [3.63, 3.8) is 0 Å². The quantitative estimate of drug-likeness (QED) is 0.693. The third kappa shape index (κ3) is 3.17. The van der Waals surface area contributed by atoms with Crippen LogP contribution in [0.1, 0.15) is 23.3 Å². The molecule has 3 N–H and O–H groups in total. The van der Waals surface area contributed by atoms with Crippen molar-refractivity contribution < 1.29 is 14.3 Å². The zero-order chi connectivity index (χ0) is 19.0. The molecule has 0 radical (unpaired) electrons. The first-order chi connectivity index (χ1) is 13.1. The Morgan fingerprint density at radius 2 is 2.15 bits per heavy atom. The van der Waals surface area contributed by atoms with Gasteiger partial charge in [0.05, 0.1) is 19.8 Å². The molecule has 2 aromatic heterocycles. The van der Waals surface area contributed by atoms with Gasteiger partial charge in [-0.25, -0.2) is 14.8 Å². The zero-order valence-electron chi connectivity index (χ0n) is 14.8. The molecular weight excluding hydrogens is 350 g/mol. The molecule has 1 saturated heterocycles. The van der Waals surface area contributed by atoms with Crippen molar-refractivity contribution in [2.24, 2.45) is 5.73 Å². The van der Waals surface area contributed by atoms with Crippen LogP contribution in [-0.2, 0) is 11.3 Å². The van der Waals surface area contributed by atoms with Gasteiger partial charge in [-0.05, 0) is 37.1 Å². The van der Waals surface area contributed by atoms with Crippen LogP contribution >= 0.6 is 0 Å². The molecule has 9 heteroatoms. The summed E-state index contributed by atoms with van der Waals surface area (Å²) in [5, 5.41) is 0. The summed E-state index contributed by atoms with van der Waals surface area (Å²) in [5.74, 6) is 0.258. The van der Waals surface area contributed by atoms with Gasteiger partial charge in [0.15, 0.2) is 17.2 Å². The van der Waals surface area contributed by atoms with Gasteiger partial charge in [0, 0.05) is 12.2 Å². The van der Waals surface area contributed by atoms with Crippen molar-refractivity contribution in [3.8, 4) is 17.1 Å². The topological polar surface area (TPSA) is 125 Å². The maximum Gasteiger partial charge on any atom is 0.327 e. The van der Waals surface area contributed by atoms with Gasteiger partial charge < -0.3 is 20.2 Å². The monoisotopic (exact) mass is 369 g/mol. The molecule has 1 aromatic carbocycles. The third-order valence-electron chi connectivity index (χ3n) is 4.61. The highest BCUT2D eigenvalue weighted by Crippen LogP contribution is 2.23. The second-order valence-corrected chi connectivity index (χ2v) is 6.36. The molecule has 3 aromatic rings. The molecule has 1 unspecified atom stereocenters. The Labute approximate surface area is 154 Å². The van der Waals surface area contributed by atoms with Crippen LogP contribution in [0.4, 0.5) is 0 Å². The van der Waals surface area contributed by atoms with Gasteiger partial charge in [-0.1, -0.05) is 0 Å². The highest BCUT2D eigenvalue weighted by atomic mass is 16.5. The fraction of sp³-hybridized carbons (Fsp3) is 0.333. The Kier molecular flexibility index (Phi) is 4.36. The summed E-state index contributed by atoms with van der Waals surface area (Å²) >= 11 is 0. The lowest BCUT2D eigenvalue weighted by Crippen LogP contribution is -2.24. The number of hydrogen-bond donors (Lipinski definition) is 2. The van der Waals surface area contributed by atoms with Crippen molar-refractivity contribution in [2.75, 3.05) is 13.7 Å². The van der Waals surface area contributed by atoms with Crippen LogP contribution in [0.15, 0.2) is 29.1 Å². The fourth-order valence-electron chi connectivity index (χ4n) is 3.24. The number of rotatable bonds is 5. The molecule has 1 aliphatic rings. The van der Waals surface area contributed by atoms with E-state index in [4.69, 9.17) is 15.2 Å². The average molecular weight is 369 g/mol. The number of fused-ring (bicyclic) bond motifs is 1. The van der Waals surface area contributed by atoms with E-state index in [2.05, 4.69) is 15.0 Å². The minimum absolute atomic E-state index is 0.0194. The van der Waals surface area contributed by atoms with Crippen molar-refractivity contribution in [1.29, 1.82) is 0 Å². The maximum absolute atomic E-state index is 12.4. The lowest BCUT2D eigenvalue weighted by molar-refractivity contribution is 0.0970. The Hall–Kier alpha value is -3.20. The van der Waals surface area contributed by atoms with Gasteiger partial charge in [-0.3, -0.25) is 9.36 Å². The fourth-order valence-corrected chi connectivity index (χ4v) is 3.24. The predicted octanol–water partition coefficient (Wildman–Crippen LogP) is 1.07. The number of aromatic amines is 1. The van der Waals surface area contributed by atoms with E-state index in [1.54, 1.807) is 31.4 Å². The molecule has 0 spiro atoms. The molecule has 3 heterocycles. The van der Waals surface area contributed by atoms with Crippen LogP contribution in [0.2, 0.25) is 0 Å². The Balaban J connectivity index is 1.87. The number of ether oxygens (including phenoxy) is 2. The Morgan fingerprint density at radius 3 is 2.78 bits per heavy atom. The lowest BCUT2D eigenvalue weighted by Gasteiger charge is -2.10. The number of benzene rings is 1. The van der Waals surface area contributed by atoms with E-state index < -0.39 is 5.91 Å². The standard InChI is InChI=1S/C18H19N5O4/c1-26-11-6-4-10(5-7-11)16-20-13(15(19)24)14-17(22-16)23(18(25)21-14)9-12-3-2-8-27-12/h4-7,12H,2-3,8-9H2,1H3,(H2,19,24)(H,21,25). The second-order valence-electron chi connectivity index (χ2n) is 6.36. The van der Waals surface area contributed by atoms with Crippen LogP contribution in [0.3, 0.4) is 0 Å². The minimum Gasteiger partial charge on any atom is -0.497 e. The predicted molar refractivity (Wildman–Crippen MR) is 97.6 cm³/mol. The Bertz CT molecular complexity index is 1050. The van der Waals surface area contributed by atoms with Crippen molar-refractivity contribution >= 4 is 17.1 Å². The van der Waals surface area contributed by atoms with E-state index >= 15 is 0 Å². The number of carbonyl (C=O) groups excluding carboxylic acids is 1. The SMILES string of the molecule is COc1ccc(-c2nc(C(N)=O)c3[nH]c(=O)n(CC4CCCO4)c3n2)cc1. The summed E-state index contributed by atoms with van der Waals surface area (Å²) in [6, 6.07) is 7.09. The van der Waals surface area contributed by atoms with Gasteiger partial charge in [-0.2, -0.15) is 0 Å². The molecule has 0 saturated carbocycles. The molecule has 1 atom stereocenters.